The molecule has 0 spiro atoms. The smallest absolute Gasteiger partial charge is 0.147 e. The van der Waals surface area contributed by atoms with Crippen LogP contribution in [-0.2, 0) is 6.42 Å². The van der Waals surface area contributed by atoms with E-state index in [9.17, 15) is 0 Å². The molecule has 7 nitrogen and oxygen atoms in total. The van der Waals surface area contributed by atoms with Crippen LogP contribution in [0.15, 0.2) is 24.8 Å². The average Bonchev–Trinajstić information content (AvgIpc) is 2.72. The molecule has 0 aliphatic carbocycles. The molecule has 0 N–H and O–H groups in total. The van der Waals surface area contributed by atoms with Crippen LogP contribution in [0, 0.1) is 0 Å². The lowest BCUT2D eigenvalue weighted by Gasteiger charge is -2.39. The van der Waals surface area contributed by atoms with Crippen molar-refractivity contribution in [1.82, 2.24) is 24.8 Å². The van der Waals surface area contributed by atoms with E-state index < -0.39 is 0 Å². The van der Waals surface area contributed by atoms with Crippen LogP contribution in [0.3, 0.4) is 0 Å². The summed E-state index contributed by atoms with van der Waals surface area (Å²) < 4.78 is 0. The monoisotopic (exact) mass is 383 g/mol. The summed E-state index contributed by atoms with van der Waals surface area (Å²) in [5.41, 5.74) is 2.08. The number of likely N-dealkylation sites (N-methyl/N-ethyl adjacent to an activating group) is 1. The summed E-state index contributed by atoms with van der Waals surface area (Å²) in [5, 5.41) is 0. The van der Waals surface area contributed by atoms with Gasteiger partial charge in [-0.15, -0.1) is 0 Å². The van der Waals surface area contributed by atoms with Gasteiger partial charge in [0.1, 0.15) is 11.6 Å². The van der Waals surface area contributed by atoms with Gasteiger partial charge in [-0.3, -0.25) is 14.9 Å². The predicted octanol–water partition coefficient (Wildman–Crippen LogP) is 2.60. The third-order valence-corrected chi connectivity index (χ3v) is 5.57. The standard InChI is InChI=1S/C21H33N7/c1-6-27(7-2)20-13-22-17(11-24-20)10-18-15-28(9-8-26(18)5)21-14-23-19(12-25-21)16(3)4/h11-14,16,18H,6-10,15H2,1-5H3. The third kappa shape index (κ3) is 4.76. The minimum absolute atomic E-state index is 0.383. The molecule has 0 saturated carbocycles. The van der Waals surface area contributed by atoms with E-state index in [0.29, 0.717) is 12.0 Å². The predicted molar refractivity (Wildman–Crippen MR) is 114 cm³/mol. The van der Waals surface area contributed by atoms with Gasteiger partial charge in [0.05, 0.1) is 36.2 Å². The quantitative estimate of drug-likeness (QED) is 0.728. The number of nitrogens with zero attached hydrogens (tertiary/aromatic N) is 7. The second kappa shape index (κ2) is 9.28. The maximum absolute atomic E-state index is 4.68. The first-order valence-electron chi connectivity index (χ1n) is 10.3. The Morgan fingerprint density at radius 1 is 1.00 bits per heavy atom. The van der Waals surface area contributed by atoms with Crippen LogP contribution in [0.1, 0.15) is 45.0 Å². The molecule has 152 valence electrons. The van der Waals surface area contributed by atoms with Gasteiger partial charge in [-0.2, -0.15) is 0 Å². The van der Waals surface area contributed by atoms with Crippen molar-refractivity contribution in [1.29, 1.82) is 0 Å². The van der Waals surface area contributed by atoms with Gasteiger partial charge in [-0.1, -0.05) is 13.8 Å². The largest absolute Gasteiger partial charge is 0.356 e. The highest BCUT2D eigenvalue weighted by Gasteiger charge is 2.26. The Morgan fingerprint density at radius 2 is 1.79 bits per heavy atom. The van der Waals surface area contributed by atoms with E-state index in [-0.39, 0.29) is 0 Å². The van der Waals surface area contributed by atoms with Crippen LogP contribution in [-0.4, -0.2) is 70.6 Å². The molecule has 7 heteroatoms. The molecule has 1 unspecified atom stereocenters. The Bertz CT molecular complexity index is 725. The molecule has 3 heterocycles. The summed E-state index contributed by atoms with van der Waals surface area (Å²) in [6.45, 7) is 13.3. The SMILES string of the molecule is CCN(CC)c1cnc(CC2CN(c3cnc(C(C)C)cn3)CCN2C)cn1. The summed E-state index contributed by atoms with van der Waals surface area (Å²) in [7, 11) is 2.19. The Kier molecular flexibility index (Phi) is 6.78. The third-order valence-electron chi connectivity index (χ3n) is 5.57. The molecular formula is C21H33N7. The fourth-order valence-corrected chi connectivity index (χ4v) is 3.57. The first kappa shape index (κ1) is 20.5. The van der Waals surface area contributed by atoms with Gasteiger partial charge in [0, 0.05) is 45.2 Å². The van der Waals surface area contributed by atoms with Crippen molar-refractivity contribution < 1.29 is 0 Å². The molecule has 0 bridgehead atoms. The lowest BCUT2D eigenvalue weighted by atomic mass is 10.1. The minimum atomic E-state index is 0.383. The molecule has 1 atom stereocenters. The van der Waals surface area contributed by atoms with Crippen molar-refractivity contribution in [2.75, 3.05) is 49.6 Å². The summed E-state index contributed by atoms with van der Waals surface area (Å²) in [6, 6.07) is 0.383. The van der Waals surface area contributed by atoms with Crippen molar-refractivity contribution in [2.24, 2.45) is 0 Å². The van der Waals surface area contributed by atoms with Gasteiger partial charge in [-0.25, -0.2) is 9.97 Å². The zero-order valence-corrected chi connectivity index (χ0v) is 17.8. The van der Waals surface area contributed by atoms with E-state index >= 15 is 0 Å². The molecule has 0 aromatic carbocycles. The highest BCUT2D eigenvalue weighted by molar-refractivity contribution is 5.38. The number of piperazine rings is 1. The Hall–Kier alpha value is -2.28. The zero-order valence-electron chi connectivity index (χ0n) is 17.8. The first-order valence-corrected chi connectivity index (χ1v) is 10.3. The molecule has 0 amide bonds. The second-order valence-electron chi connectivity index (χ2n) is 7.78. The van der Waals surface area contributed by atoms with E-state index in [1.165, 1.54) is 0 Å². The van der Waals surface area contributed by atoms with Crippen LogP contribution in [0.4, 0.5) is 11.6 Å². The van der Waals surface area contributed by atoms with Crippen molar-refractivity contribution in [3.63, 3.8) is 0 Å². The topological polar surface area (TPSA) is 61.3 Å². The number of aromatic nitrogens is 4. The molecule has 1 saturated heterocycles. The molecule has 1 fully saturated rings. The van der Waals surface area contributed by atoms with Crippen LogP contribution in [0.25, 0.3) is 0 Å². The van der Waals surface area contributed by atoms with Crippen molar-refractivity contribution in [2.45, 2.75) is 46.1 Å². The van der Waals surface area contributed by atoms with Crippen molar-refractivity contribution >= 4 is 11.6 Å². The van der Waals surface area contributed by atoms with Gasteiger partial charge in [0.25, 0.3) is 0 Å². The summed E-state index contributed by atoms with van der Waals surface area (Å²) in [5.74, 6) is 2.32. The number of hydrogen-bond donors (Lipinski definition) is 0. The van der Waals surface area contributed by atoms with Gasteiger partial charge < -0.3 is 9.80 Å². The molecule has 28 heavy (non-hydrogen) atoms. The average molecular weight is 384 g/mol. The van der Waals surface area contributed by atoms with E-state index in [1.807, 2.05) is 24.8 Å². The lowest BCUT2D eigenvalue weighted by Crippen LogP contribution is -2.52. The van der Waals surface area contributed by atoms with Crippen LogP contribution in [0.2, 0.25) is 0 Å². The van der Waals surface area contributed by atoms with Gasteiger partial charge in [-0.05, 0) is 26.8 Å². The van der Waals surface area contributed by atoms with E-state index in [0.717, 1.165) is 62.2 Å². The van der Waals surface area contributed by atoms with Crippen molar-refractivity contribution in [3.05, 3.63) is 36.2 Å². The number of hydrogen-bond acceptors (Lipinski definition) is 7. The maximum atomic E-state index is 4.68. The van der Waals surface area contributed by atoms with Gasteiger partial charge in [0.15, 0.2) is 0 Å². The van der Waals surface area contributed by atoms with Crippen LogP contribution >= 0.6 is 0 Å². The lowest BCUT2D eigenvalue weighted by molar-refractivity contribution is 0.215. The van der Waals surface area contributed by atoms with E-state index in [4.69, 9.17) is 0 Å². The molecular weight excluding hydrogens is 350 g/mol. The summed E-state index contributed by atoms with van der Waals surface area (Å²) in [6.07, 6.45) is 8.54. The highest BCUT2D eigenvalue weighted by Crippen LogP contribution is 2.19. The first-order chi connectivity index (χ1) is 13.5. The molecule has 1 aliphatic rings. The highest BCUT2D eigenvalue weighted by atomic mass is 15.3. The molecule has 1 aliphatic heterocycles. The van der Waals surface area contributed by atoms with Gasteiger partial charge >= 0.3 is 0 Å². The van der Waals surface area contributed by atoms with Crippen molar-refractivity contribution in [3.8, 4) is 0 Å². The van der Waals surface area contributed by atoms with E-state index in [1.54, 1.807) is 0 Å². The fourth-order valence-electron chi connectivity index (χ4n) is 3.57. The minimum Gasteiger partial charge on any atom is -0.356 e. The fraction of sp³-hybridized carbons (Fsp3) is 0.619. The Morgan fingerprint density at radius 3 is 2.36 bits per heavy atom. The molecule has 0 radical (unpaired) electrons. The maximum Gasteiger partial charge on any atom is 0.147 e. The Labute approximate surface area is 168 Å². The number of rotatable bonds is 7. The molecule has 2 aromatic rings. The summed E-state index contributed by atoms with van der Waals surface area (Å²) >= 11 is 0. The second-order valence-corrected chi connectivity index (χ2v) is 7.78. The van der Waals surface area contributed by atoms with Gasteiger partial charge in [0.2, 0.25) is 0 Å². The molecule has 2 aromatic heterocycles. The Balaban J connectivity index is 1.66. The van der Waals surface area contributed by atoms with Crippen LogP contribution < -0.4 is 9.80 Å². The number of anilines is 2. The zero-order chi connectivity index (χ0) is 20.1. The summed E-state index contributed by atoms with van der Waals surface area (Å²) in [4.78, 5) is 25.5. The normalized spacial score (nSPS) is 17.9. The molecule has 3 rings (SSSR count). The van der Waals surface area contributed by atoms with E-state index in [2.05, 4.69) is 69.4 Å². The van der Waals surface area contributed by atoms with Crippen LogP contribution in [0.5, 0.6) is 0 Å².